The predicted octanol–water partition coefficient (Wildman–Crippen LogP) is 4.52. The average molecular weight is 316 g/mol. The fraction of sp³-hybridized carbons (Fsp3) is 0.857. The van der Waals surface area contributed by atoms with Gasteiger partial charge in [0.25, 0.3) is 0 Å². The first kappa shape index (κ1) is 15.9. The molecule has 7 atom stereocenters. The fourth-order valence-electron chi connectivity index (χ4n) is 7.14. The summed E-state index contributed by atoms with van der Waals surface area (Å²) in [5, 5.41) is 11.0. The molecular formula is C21H32O2. The first-order chi connectivity index (χ1) is 10.7. The number of fused-ring (bicyclic) bond motifs is 5. The normalized spacial score (nSPS) is 55.7. The van der Waals surface area contributed by atoms with Crippen LogP contribution < -0.4 is 0 Å². The highest BCUT2D eigenvalue weighted by atomic mass is 16.3. The van der Waals surface area contributed by atoms with Gasteiger partial charge >= 0.3 is 0 Å². The molecule has 0 aromatic carbocycles. The lowest BCUT2D eigenvalue weighted by atomic mass is 9.46. The Bertz CT molecular complexity index is 574. The van der Waals surface area contributed by atoms with E-state index in [1.54, 1.807) is 0 Å². The van der Waals surface area contributed by atoms with Crippen LogP contribution >= 0.6 is 0 Å². The van der Waals surface area contributed by atoms with Crippen molar-refractivity contribution < 1.29 is 9.90 Å². The summed E-state index contributed by atoms with van der Waals surface area (Å²) in [5.41, 5.74) is 1.28. The van der Waals surface area contributed by atoms with E-state index in [0.717, 1.165) is 31.6 Å². The van der Waals surface area contributed by atoms with Crippen molar-refractivity contribution in [1.82, 2.24) is 0 Å². The zero-order chi connectivity index (χ0) is 16.6. The minimum atomic E-state index is -0.491. The van der Waals surface area contributed by atoms with Gasteiger partial charge in [-0.3, -0.25) is 4.79 Å². The first-order valence-electron chi connectivity index (χ1n) is 9.66. The molecule has 0 heterocycles. The maximum atomic E-state index is 12.2. The Morgan fingerprint density at radius 3 is 2.52 bits per heavy atom. The molecule has 128 valence electrons. The second kappa shape index (κ2) is 4.71. The zero-order valence-corrected chi connectivity index (χ0v) is 15.2. The minimum absolute atomic E-state index is 0.0991. The highest BCUT2D eigenvalue weighted by molar-refractivity contribution is 5.93. The van der Waals surface area contributed by atoms with E-state index in [0.29, 0.717) is 17.6 Å². The van der Waals surface area contributed by atoms with Crippen LogP contribution in [0.25, 0.3) is 0 Å². The molecular weight excluding hydrogens is 284 g/mol. The molecule has 23 heavy (non-hydrogen) atoms. The van der Waals surface area contributed by atoms with Crippen LogP contribution in [0.5, 0.6) is 0 Å². The van der Waals surface area contributed by atoms with Crippen molar-refractivity contribution in [2.75, 3.05) is 0 Å². The molecule has 0 amide bonds. The van der Waals surface area contributed by atoms with Gasteiger partial charge in [0.05, 0.1) is 5.60 Å². The van der Waals surface area contributed by atoms with Crippen LogP contribution in [-0.4, -0.2) is 16.5 Å². The van der Waals surface area contributed by atoms with Gasteiger partial charge < -0.3 is 5.11 Å². The molecule has 0 spiro atoms. The van der Waals surface area contributed by atoms with E-state index in [-0.39, 0.29) is 16.7 Å². The number of carbonyl (C=O) groups excluding carboxylic acids is 1. The standard InChI is InChI=1S/C21H32O2/c1-13-12-19(2)14(11-18(13)22)5-6-15-16(19)7-9-20(3)17(15)8-10-21(20,4)23/h11,13,15-17,23H,5-10,12H2,1-4H3/t13-,15-,16-,17-,19-,20-,21+/m1/s1. The van der Waals surface area contributed by atoms with E-state index in [2.05, 4.69) is 27.7 Å². The molecule has 0 bridgehead atoms. The van der Waals surface area contributed by atoms with Gasteiger partial charge in [-0.05, 0) is 86.5 Å². The molecule has 0 aliphatic heterocycles. The fourth-order valence-corrected chi connectivity index (χ4v) is 7.14. The maximum Gasteiger partial charge on any atom is 0.158 e. The van der Waals surface area contributed by atoms with Gasteiger partial charge in [0.15, 0.2) is 5.78 Å². The number of aliphatic hydroxyl groups is 1. The van der Waals surface area contributed by atoms with Gasteiger partial charge in [-0.15, -0.1) is 0 Å². The molecule has 0 saturated heterocycles. The molecule has 2 heteroatoms. The number of allylic oxidation sites excluding steroid dienone is 1. The lowest BCUT2D eigenvalue weighted by Gasteiger charge is -2.59. The van der Waals surface area contributed by atoms with E-state index in [9.17, 15) is 9.90 Å². The van der Waals surface area contributed by atoms with Crippen LogP contribution in [0.4, 0.5) is 0 Å². The van der Waals surface area contributed by atoms with Gasteiger partial charge in [0.2, 0.25) is 0 Å². The van der Waals surface area contributed by atoms with E-state index in [1.807, 2.05) is 6.08 Å². The van der Waals surface area contributed by atoms with E-state index in [1.165, 1.54) is 24.8 Å². The van der Waals surface area contributed by atoms with Crippen molar-refractivity contribution in [3.8, 4) is 0 Å². The molecule has 2 nitrogen and oxygen atoms in total. The summed E-state index contributed by atoms with van der Waals surface area (Å²) in [4.78, 5) is 12.2. The van der Waals surface area contributed by atoms with Gasteiger partial charge in [0, 0.05) is 5.92 Å². The molecule has 0 aromatic heterocycles. The number of carbonyl (C=O) groups is 1. The number of rotatable bonds is 0. The molecule has 0 unspecified atom stereocenters. The van der Waals surface area contributed by atoms with Crippen molar-refractivity contribution in [2.45, 2.75) is 78.2 Å². The quantitative estimate of drug-likeness (QED) is 0.713. The molecule has 4 aliphatic rings. The number of hydrogen-bond acceptors (Lipinski definition) is 2. The van der Waals surface area contributed by atoms with E-state index in [4.69, 9.17) is 0 Å². The van der Waals surface area contributed by atoms with Gasteiger partial charge in [-0.1, -0.05) is 26.3 Å². The van der Waals surface area contributed by atoms with E-state index >= 15 is 0 Å². The zero-order valence-electron chi connectivity index (χ0n) is 15.2. The third-order valence-corrected chi connectivity index (χ3v) is 8.83. The van der Waals surface area contributed by atoms with Gasteiger partial charge in [0.1, 0.15) is 0 Å². The molecule has 1 N–H and O–H groups in total. The maximum absolute atomic E-state index is 12.2. The van der Waals surface area contributed by atoms with Crippen LogP contribution in [-0.2, 0) is 4.79 Å². The molecule has 0 radical (unpaired) electrons. The van der Waals surface area contributed by atoms with Crippen LogP contribution in [0.1, 0.15) is 72.6 Å². The van der Waals surface area contributed by atoms with E-state index < -0.39 is 5.60 Å². The van der Waals surface area contributed by atoms with Crippen LogP contribution in [0, 0.1) is 34.5 Å². The number of hydrogen-bond donors (Lipinski definition) is 1. The second-order valence-electron chi connectivity index (χ2n) is 9.78. The van der Waals surface area contributed by atoms with Crippen LogP contribution in [0.3, 0.4) is 0 Å². The summed E-state index contributed by atoms with van der Waals surface area (Å²) in [6.45, 7) is 8.97. The summed E-state index contributed by atoms with van der Waals surface area (Å²) in [5.74, 6) is 2.65. The van der Waals surface area contributed by atoms with Crippen molar-refractivity contribution in [1.29, 1.82) is 0 Å². The number of ketones is 1. The second-order valence-corrected chi connectivity index (χ2v) is 9.78. The Kier molecular flexibility index (Phi) is 3.25. The van der Waals surface area contributed by atoms with Crippen molar-refractivity contribution >= 4 is 5.78 Å². The Balaban J connectivity index is 1.70. The van der Waals surface area contributed by atoms with Crippen LogP contribution in [0.15, 0.2) is 11.6 Å². The largest absolute Gasteiger partial charge is 0.390 e. The third kappa shape index (κ3) is 1.94. The lowest BCUT2D eigenvalue weighted by molar-refractivity contribution is -0.128. The Hall–Kier alpha value is -0.630. The summed E-state index contributed by atoms with van der Waals surface area (Å²) in [7, 11) is 0. The molecule has 0 aromatic rings. The third-order valence-electron chi connectivity index (χ3n) is 8.83. The lowest BCUT2D eigenvalue weighted by Crippen LogP contribution is -2.54. The molecule has 3 saturated carbocycles. The summed E-state index contributed by atoms with van der Waals surface area (Å²) in [6, 6.07) is 0. The molecule has 4 aliphatic carbocycles. The molecule has 4 rings (SSSR count). The van der Waals surface area contributed by atoms with Gasteiger partial charge in [-0.2, -0.15) is 0 Å². The first-order valence-corrected chi connectivity index (χ1v) is 9.66. The van der Waals surface area contributed by atoms with Crippen molar-refractivity contribution in [2.24, 2.45) is 34.5 Å². The molecule has 3 fully saturated rings. The minimum Gasteiger partial charge on any atom is -0.390 e. The van der Waals surface area contributed by atoms with Gasteiger partial charge in [-0.25, -0.2) is 0 Å². The average Bonchev–Trinajstić information content (AvgIpc) is 2.71. The summed E-state index contributed by atoms with van der Waals surface area (Å²) < 4.78 is 0. The van der Waals surface area contributed by atoms with Crippen molar-refractivity contribution in [3.63, 3.8) is 0 Å². The SMILES string of the molecule is C[C@@H]1C[C@]2(C)C(=CC1=O)CC[C@@H]1[C@H]2CC[C@]2(C)[C@@H]1CC[C@]2(C)O. The van der Waals surface area contributed by atoms with Crippen molar-refractivity contribution in [3.05, 3.63) is 11.6 Å². The Morgan fingerprint density at radius 1 is 1.09 bits per heavy atom. The summed E-state index contributed by atoms with van der Waals surface area (Å²) >= 11 is 0. The monoisotopic (exact) mass is 316 g/mol. The Labute approximate surface area is 140 Å². The predicted molar refractivity (Wildman–Crippen MR) is 91.9 cm³/mol. The topological polar surface area (TPSA) is 37.3 Å². The highest BCUT2D eigenvalue weighted by Crippen LogP contribution is 2.67. The smallest absolute Gasteiger partial charge is 0.158 e. The Morgan fingerprint density at radius 2 is 1.78 bits per heavy atom. The highest BCUT2D eigenvalue weighted by Gasteiger charge is 2.62. The van der Waals surface area contributed by atoms with Crippen LogP contribution in [0.2, 0.25) is 0 Å². The summed E-state index contributed by atoms with van der Waals surface area (Å²) in [6.07, 6.45) is 9.90.